The number of carboxylic acids is 1. The van der Waals surface area contributed by atoms with E-state index in [0.717, 1.165) is 12.8 Å². The molecule has 2 amide bonds. The zero-order valence-corrected chi connectivity index (χ0v) is 16.2. The number of anilines is 2. The summed E-state index contributed by atoms with van der Waals surface area (Å²) < 4.78 is 10.6. The van der Waals surface area contributed by atoms with Crippen molar-refractivity contribution in [3.8, 4) is 11.5 Å². The third-order valence-corrected chi connectivity index (χ3v) is 5.47. The molecule has 2 aliphatic rings. The van der Waals surface area contributed by atoms with Crippen LogP contribution in [0.2, 0.25) is 0 Å². The summed E-state index contributed by atoms with van der Waals surface area (Å²) in [7, 11) is 0. The van der Waals surface area contributed by atoms with Gasteiger partial charge in [0.05, 0.1) is 11.3 Å². The SMILES string of the molecule is O=C(Nc1ccc2c(c1)OCO2)c1ccccc1NC(=O)[C@H]1CCCC[C@H]1C(=O)[O-]. The molecule has 1 heterocycles. The molecule has 1 aliphatic carbocycles. The highest BCUT2D eigenvalue weighted by Crippen LogP contribution is 2.35. The molecule has 2 N–H and O–H groups in total. The second-order valence-corrected chi connectivity index (χ2v) is 7.37. The molecular formula is C22H21N2O6-. The lowest BCUT2D eigenvalue weighted by atomic mass is 9.78. The number of aliphatic carboxylic acids is 1. The summed E-state index contributed by atoms with van der Waals surface area (Å²) in [6, 6.07) is 11.7. The molecule has 8 nitrogen and oxygen atoms in total. The molecule has 1 saturated carbocycles. The van der Waals surface area contributed by atoms with Crippen molar-refractivity contribution in [1.82, 2.24) is 0 Å². The number of carboxylic acid groups (broad SMARTS) is 1. The van der Waals surface area contributed by atoms with E-state index in [4.69, 9.17) is 9.47 Å². The maximum atomic E-state index is 12.8. The van der Waals surface area contributed by atoms with Crippen LogP contribution in [0.3, 0.4) is 0 Å². The fraction of sp³-hybridized carbons (Fsp3) is 0.318. The fourth-order valence-electron chi connectivity index (χ4n) is 3.92. The first kappa shape index (κ1) is 19.8. The minimum absolute atomic E-state index is 0.135. The monoisotopic (exact) mass is 409 g/mol. The van der Waals surface area contributed by atoms with E-state index >= 15 is 0 Å². The Balaban J connectivity index is 1.50. The van der Waals surface area contributed by atoms with Gasteiger partial charge in [-0.15, -0.1) is 0 Å². The molecule has 0 spiro atoms. The van der Waals surface area contributed by atoms with Crippen LogP contribution >= 0.6 is 0 Å². The molecule has 0 aromatic heterocycles. The number of ether oxygens (including phenoxy) is 2. The van der Waals surface area contributed by atoms with E-state index in [2.05, 4.69) is 10.6 Å². The lowest BCUT2D eigenvalue weighted by molar-refractivity contribution is -0.313. The van der Waals surface area contributed by atoms with Gasteiger partial charge in [0.25, 0.3) is 5.91 Å². The number of carbonyl (C=O) groups is 3. The summed E-state index contributed by atoms with van der Waals surface area (Å²) in [5, 5.41) is 16.9. The molecule has 0 saturated heterocycles. The first-order chi connectivity index (χ1) is 14.5. The van der Waals surface area contributed by atoms with Crippen LogP contribution in [0.1, 0.15) is 36.0 Å². The Morgan fingerprint density at radius 1 is 0.900 bits per heavy atom. The van der Waals surface area contributed by atoms with E-state index < -0.39 is 29.6 Å². The van der Waals surface area contributed by atoms with Crippen LogP contribution < -0.4 is 25.2 Å². The van der Waals surface area contributed by atoms with Crippen molar-refractivity contribution in [3.63, 3.8) is 0 Å². The molecule has 0 unspecified atom stereocenters. The lowest BCUT2D eigenvalue weighted by Crippen LogP contribution is -2.42. The van der Waals surface area contributed by atoms with Crippen LogP contribution in [0, 0.1) is 11.8 Å². The number of hydrogen-bond acceptors (Lipinski definition) is 6. The number of hydrogen-bond donors (Lipinski definition) is 2. The number of amides is 2. The van der Waals surface area contributed by atoms with Gasteiger partial charge in [0.15, 0.2) is 11.5 Å². The van der Waals surface area contributed by atoms with Gasteiger partial charge in [0.2, 0.25) is 12.7 Å². The molecule has 0 radical (unpaired) electrons. The molecule has 1 aliphatic heterocycles. The zero-order valence-electron chi connectivity index (χ0n) is 16.2. The highest BCUT2D eigenvalue weighted by Gasteiger charge is 2.32. The van der Waals surface area contributed by atoms with Crippen LogP contribution in [-0.2, 0) is 9.59 Å². The van der Waals surface area contributed by atoms with Gasteiger partial charge >= 0.3 is 0 Å². The first-order valence-electron chi connectivity index (χ1n) is 9.84. The van der Waals surface area contributed by atoms with Gasteiger partial charge in [-0.2, -0.15) is 0 Å². The van der Waals surface area contributed by atoms with Gasteiger partial charge in [0, 0.05) is 29.6 Å². The lowest BCUT2D eigenvalue weighted by Gasteiger charge is -2.31. The van der Waals surface area contributed by atoms with Crippen molar-refractivity contribution in [2.75, 3.05) is 17.4 Å². The van der Waals surface area contributed by atoms with Crippen molar-refractivity contribution >= 4 is 29.2 Å². The minimum atomic E-state index is -1.20. The van der Waals surface area contributed by atoms with Crippen LogP contribution in [0.15, 0.2) is 42.5 Å². The molecule has 0 bridgehead atoms. The average Bonchev–Trinajstić information content (AvgIpc) is 3.22. The maximum Gasteiger partial charge on any atom is 0.257 e. The van der Waals surface area contributed by atoms with Gasteiger partial charge in [0.1, 0.15) is 0 Å². The molecule has 30 heavy (non-hydrogen) atoms. The standard InChI is InChI=1S/C22H22N2O6/c25-20(14-5-1-2-6-15(14)22(27)28)24-17-8-4-3-7-16(17)21(26)23-13-9-10-18-19(11-13)30-12-29-18/h3-4,7-11,14-15H,1-2,5-6,12H2,(H,23,26)(H,24,25)(H,27,28)/p-1/t14-,15+/m0/s1. The number of rotatable bonds is 5. The number of fused-ring (bicyclic) bond motifs is 1. The Morgan fingerprint density at radius 3 is 2.43 bits per heavy atom. The molecule has 2 atom stereocenters. The Morgan fingerprint density at radius 2 is 1.63 bits per heavy atom. The molecular weight excluding hydrogens is 388 g/mol. The van der Waals surface area contributed by atoms with E-state index in [1.807, 2.05) is 0 Å². The van der Waals surface area contributed by atoms with Gasteiger partial charge in [-0.05, 0) is 37.1 Å². The van der Waals surface area contributed by atoms with Crippen molar-refractivity contribution in [3.05, 3.63) is 48.0 Å². The van der Waals surface area contributed by atoms with Crippen molar-refractivity contribution < 1.29 is 29.0 Å². The minimum Gasteiger partial charge on any atom is -0.550 e. The van der Waals surface area contributed by atoms with Crippen molar-refractivity contribution in [2.24, 2.45) is 11.8 Å². The predicted molar refractivity (Wildman–Crippen MR) is 106 cm³/mol. The highest BCUT2D eigenvalue weighted by atomic mass is 16.7. The smallest absolute Gasteiger partial charge is 0.257 e. The molecule has 2 aromatic carbocycles. The van der Waals surface area contributed by atoms with E-state index in [-0.39, 0.29) is 12.4 Å². The van der Waals surface area contributed by atoms with E-state index in [1.54, 1.807) is 42.5 Å². The summed E-state index contributed by atoms with van der Waals surface area (Å²) in [4.78, 5) is 37.0. The van der Waals surface area contributed by atoms with Crippen molar-refractivity contribution in [2.45, 2.75) is 25.7 Å². The Bertz CT molecular complexity index is 989. The fourth-order valence-corrected chi connectivity index (χ4v) is 3.92. The molecule has 2 aromatic rings. The van der Waals surface area contributed by atoms with Gasteiger partial charge in [-0.3, -0.25) is 9.59 Å². The summed E-state index contributed by atoms with van der Waals surface area (Å²) in [6.07, 6.45) is 2.45. The van der Waals surface area contributed by atoms with Crippen molar-refractivity contribution in [1.29, 1.82) is 0 Å². The number of benzene rings is 2. The normalized spacial score (nSPS) is 19.7. The summed E-state index contributed by atoms with van der Waals surface area (Å²) in [5.41, 5.74) is 1.11. The first-order valence-corrected chi connectivity index (χ1v) is 9.84. The largest absolute Gasteiger partial charge is 0.550 e. The van der Waals surface area contributed by atoms with Gasteiger partial charge in [-0.1, -0.05) is 25.0 Å². The second kappa shape index (κ2) is 8.44. The van der Waals surface area contributed by atoms with Crippen LogP contribution in [0.25, 0.3) is 0 Å². The average molecular weight is 409 g/mol. The molecule has 8 heteroatoms. The van der Waals surface area contributed by atoms with Crippen LogP contribution in [0.4, 0.5) is 11.4 Å². The summed E-state index contributed by atoms with van der Waals surface area (Å²) >= 11 is 0. The Labute approximate surface area is 173 Å². The van der Waals surface area contributed by atoms with Crippen LogP contribution in [0.5, 0.6) is 11.5 Å². The number of carbonyl (C=O) groups excluding carboxylic acids is 3. The third kappa shape index (κ3) is 4.07. The third-order valence-electron chi connectivity index (χ3n) is 5.47. The topological polar surface area (TPSA) is 117 Å². The van der Waals surface area contributed by atoms with Gasteiger partial charge in [-0.25, -0.2) is 0 Å². The van der Waals surface area contributed by atoms with Gasteiger partial charge < -0.3 is 30.0 Å². The highest BCUT2D eigenvalue weighted by molar-refractivity contribution is 6.10. The van der Waals surface area contributed by atoms with E-state index in [1.165, 1.54) is 0 Å². The predicted octanol–water partition coefficient (Wildman–Crippen LogP) is 2.16. The molecule has 4 rings (SSSR count). The summed E-state index contributed by atoms with van der Waals surface area (Å²) in [6.45, 7) is 0.135. The quantitative estimate of drug-likeness (QED) is 0.782. The maximum absolute atomic E-state index is 12.8. The van der Waals surface area contributed by atoms with E-state index in [9.17, 15) is 19.5 Å². The molecule has 1 fully saturated rings. The number of para-hydroxylation sites is 1. The second-order valence-electron chi connectivity index (χ2n) is 7.37. The molecule has 156 valence electrons. The summed E-state index contributed by atoms with van der Waals surface area (Å²) in [5.74, 6) is -2.36. The van der Waals surface area contributed by atoms with E-state index in [0.29, 0.717) is 35.7 Å². The Kier molecular flexibility index (Phi) is 5.56. The zero-order chi connectivity index (χ0) is 21.1. The van der Waals surface area contributed by atoms with Crippen LogP contribution in [-0.4, -0.2) is 24.6 Å². The number of nitrogens with one attached hydrogen (secondary N) is 2. The Hall–Kier alpha value is -3.55.